The van der Waals surface area contributed by atoms with Gasteiger partial charge in [0.25, 0.3) is 5.91 Å². The first kappa shape index (κ1) is 21.1. The molecule has 2 fully saturated rings. The Balaban J connectivity index is 1.35. The van der Waals surface area contributed by atoms with Crippen molar-refractivity contribution < 1.29 is 9.59 Å². The average Bonchev–Trinajstić information content (AvgIpc) is 3.26. The van der Waals surface area contributed by atoms with Gasteiger partial charge in [0.1, 0.15) is 17.5 Å². The van der Waals surface area contributed by atoms with E-state index < -0.39 is 0 Å². The Hall–Kier alpha value is -4.47. The second-order valence-corrected chi connectivity index (χ2v) is 8.83. The van der Waals surface area contributed by atoms with E-state index in [4.69, 9.17) is 4.98 Å². The number of nitrogens with one attached hydrogen (secondary N) is 3. The Morgan fingerprint density at radius 2 is 2.09 bits per heavy atom. The maximum absolute atomic E-state index is 12.1. The number of nitrogens with zero attached hydrogens (tertiary/aromatic N) is 5. The highest BCUT2D eigenvalue weighted by Gasteiger charge is 2.25. The number of imidazole rings is 1. The zero-order valence-corrected chi connectivity index (χ0v) is 19.2. The Kier molecular flexibility index (Phi) is 5.05. The predicted octanol–water partition coefficient (Wildman–Crippen LogP) is 2.84. The average molecular weight is 469 g/mol. The Morgan fingerprint density at radius 3 is 2.83 bits per heavy atom. The molecule has 0 atom stereocenters. The minimum atomic E-state index is -0.369. The second-order valence-electron chi connectivity index (χ2n) is 8.83. The maximum atomic E-state index is 12.1. The summed E-state index contributed by atoms with van der Waals surface area (Å²) in [6, 6.07) is 10.5. The summed E-state index contributed by atoms with van der Waals surface area (Å²) in [6.45, 7) is 2.53. The van der Waals surface area contributed by atoms with Gasteiger partial charge >= 0.3 is 0 Å². The zero-order chi connectivity index (χ0) is 23.9. The summed E-state index contributed by atoms with van der Waals surface area (Å²) >= 11 is 0. The topological polar surface area (TPSA) is 118 Å². The summed E-state index contributed by atoms with van der Waals surface area (Å²) in [5.41, 5.74) is 3.85. The number of hydrogen-bond acceptors (Lipinski definition) is 7. The van der Waals surface area contributed by atoms with Gasteiger partial charge in [-0.1, -0.05) is 18.2 Å². The highest BCUT2D eigenvalue weighted by atomic mass is 16.2. The summed E-state index contributed by atoms with van der Waals surface area (Å²) in [6.07, 6.45) is 9.40. The van der Waals surface area contributed by atoms with Gasteiger partial charge in [0.2, 0.25) is 5.91 Å². The first-order valence-electron chi connectivity index (χ1n) is 11.6. The lowest BCUT2D eigenvalue weighted by Gasteiger charge is -2.14. The van der Waals surface area contributed by atoms with E-state index in [1.54, 1.807) is 23.0 Å². The molecule has 4 heterocycles. The maximum Gasteiger partial charge on any atom is 0.254 e. The van der Waals surface area contributed by atoms with Crippen molar-refractivity contribution >= 4 is 35.2 Å². The molecule has 0 radical (unpaired) electrons. The standard InChI is InChI=1S/C25H24N8O2/c1-15-26-8-9-32(15)20-5-3-2-4-16(20)13-27-21-12-22(29-19-6-7-19)33-24(30-21)18(14-28-33)10-17-11-23(34)31-25(17)35/h2-5,8-10,12,14,19,29H,6-7,11,13H2,1H3,(H,27,30)(H,31,34,35)/b17-10+. The number of hydrogen-bond donors (Lipinski definition) is 3. The van der Waals surface area contributed by atoms with Crippen LogP contribution in [0.2, 0.25) is 0 Å². The molecule has 3 N–H and O–H groups in total. The van der Waals surface area contributed by atoms with Crippen LogP contribution in [0.4, 0.5) is 11.6 Å². The molecule has 0 unspecified atom stereocenters. The van der Waals surface area contributed by atoms with Crippen LogP contribution < -0.4 is 16.0 Å². The Morgan fingerprint density at radius 1 is 1.23 bits per heavy atom. The molecule has 6 rings (SSSR count). The van der Waals surface area contributed by atoms with Gasteiger partial charge in [-0.3, -0.25) is 14.9 Å². The summed E-state index contributed by atoms with van der Waals surface area (Å²) in [5, 5.41) is 13.8. The Labute approximate surface area is 201 Å². The summed E-state index contributed by atoms with van der Waals surface area (Å²) < 4.78 is 3.80. The number of rotatable bonds is 7. The molecule has 1 saturated carbocycles. The third kappa shape index (κ3) is 4.14. The van der Waals surface area contributed by atoms with Gasteiger partial charge in [-0.2, -0.15) is 9.61 Å². The minimum absolute atomic E-state index is 0.0613. The number of fused-ring (bicyclic) bond motifs is 1. The molecule has 0 bridgehead atoms. The van der Waals surface area contributed by atoms with Crippen molar-refractivity contribution in [1.82, 2.24) is 29.5 Å². The summed E-state index contributed by atoms with van der Waals surface area (Å²) in [5.74, 6) is 1.77. The van der Waals surface area contributed by atoms with Crippen molar-refractivity contribution in [3.05, 3.63) is 71.4 Å². The molecule has 10 heteroatoms. The molecule has 176 valence electrons. The number of aromatic nitrogens is 5. The van der Waals surface area contributed by atoms with E-state index in [9.17, 15) is 9.59 Å². The lowest BCUT2D eigenvalue weighted by Crippen LogP contribution is -2.19. The number of anilines is 2. The number of para-hydroxylation sites is 1. The number of amides is 2. The fourth-order valence-electron chi connectivity index (χ4n) is 4.23. The predicted molar refractivity (Wildman–Crippen MR) is 131 cm³/mol. The van der Waals surface area contributed by atoms with E-state index in [1.165, 1.54) is 0 Å². The molecule has 2 amide bonds. The monoisotopic (exact) mass is 468 g/mol. The molecular formula is C25H24N8O2. The van der Waals surface area contributed by atoms with Crippen LogP contribution >= 0.6 is 0 Å². The first-order chi connectivity index (χ1) is 17.0. The van der Waals surface area contributed by atoms with Crippen LogP contribution in [-0.4, -0.2) is 42.0 Å². The van der Waals surface area contributed by atoms with Gasteiger partial charge in [0.15, 0.2) is 5.65 Å². The molecule has 0 spiro atoms. The number of imide groups is 1. The smallest absolute Gasteiger partial charge is 0.254 e. The number of benzene rings is 1. The summed E-state index contributed by atoms with van der Waals surface area (Å²) in [7, 11) is 0. The third-order valence-corrected chi connectivity index (χ3v) is 6.19. The first-order valence-corrected chi connectivity index (χ1v) is 11.6. The number of carbonyl (C=O) groups is 2. The lowest BCUT2D eigenvalue weighted by atomic mass is 10.1. The lowest BCUT2D eigenvalue weighted by molar-refractivity contribution is -0.124. The van der Waals surface area contributed by atoms with Crippen LogP contribution in [0.3, 0.4) is 0 Å². The van der Waals surface area contributed by atoms with Crippen LogP contribution in [0.25, 0.3) is 17.4 Å². The van der Waals surface area contributed by atoms with Crippen LogP contribution in [0.5, 0.6) is 0 Å². The van der Waals surface area contributed by atoms with Gasteiger partial charge in [0.05, 0.1) is 18.3 Å². The molecule has 1 aliphatic heterocycles. The second kappa shape index (κ2) is 8.39. The molecule has 3 aromatic heterocycles. The molecule has 1 saturated heterocycles. The third-order valence-electron chi connectivity index (χ3n) is 6.19. The van der Waals surface area contributed by atoms with Crippen molar-refractivity contribution in [3.8, 4) is 5.69 Å². The van der Waals surface area contributed by atoms with Crippen molar-refractivity contribution in [3.63, 3.8) is 0 Å². The quantitative estimate of drug-likeness (QED) is 0.282. The molecule has 1 aromatic carbocycles. The van der Waals surface area contributed by atoms with Gasteiger partial charge in [-0.05, 0) is 37.5 Å². The zero-order valence-electron chi connectivity index (χ0n) is 19.2. The van der Waals surface area contributed by atoms with Gasteiger partial charge < -0.3 is 15.2 Å². The molecule has 2 aliphatic rings. The van der Waals surface area contributed by atoms with Gasteiger partial charge in [-0.15, -0.1) is 0 Å². The van der Waals surface area contributed by atoms with Gasteiger partial charge in [-0.25, -0.2) is 9.97 Å². The largest absolute Gasteiger partial charge is 0.367 e. The minimum Gasteiger partial charge on any atom is -0.367 e. The van der Waals surface area contributed by atoms with E-state index in [1.807, 2.05) is 31.3 Å². The van der Waals surface area contributed by atoms with Crippen molar-refractivity contribution in [2.45, 2.75) is 38.8 Å². The van der Waals surface area contributed by atoms with E-state index in [-0.39, 0.29) is 18.2 Å². The number of aryl methyl sites for hydroxylation is 1. The van der Waals surface area contributed by atoms with Crippen molar-refractivity contribution in [2.75, 3.05) is 10.6 Å². The molecule has 35 heavy (non-hydrogen) atoms. The van der Waals surface area contributed by atoms with Crippen molar-refractivity contribution in [2.24, 2.45) is 0 Å². The van der Waals surface area contributed by atoms with E-state index >= 15 is 0 Å². The SMILES string of the molecule is Cc1nccn1-c1ccccc1CNc1cc(NC2CC2)n2ncc(/C=C3\CC(=O)NC3=O)c2n1. The number of carbonyl (C=O) groups excluding carboxylic acids is 2. The molecular weight excluding hydrogens is 444 g/mol. The van der Waals surface area contributed by atoms with E-state index in [0.717, 1.165) is 35.7 Å². The molecule has 1 aliphatic carbocycles. The summed E-state index contributed by atoms with van der Waals surface area (Å²) in [4.78, 5) is 32.8. The highest BCUT2D eigenvalue weighted by molar-refractivity contribution is 6.15. The van der Waals surface area contributed by atoms with Gasteiger partial charge in [0, 0.05) is 42.2 Å². The van der Waals surface area contributed by atoms with Crippen LogP contribution in [-0.2, 0) is 16.1 Å². The molecule has 4 aromatic rings. The van der Waals surface area contributed by atoms with E-state index in [2.05, 4.69) is 42.7 Å². The highest BCUT2D eigenvalue weighted by Crippen LogP contribution is 2.28. The molecule has 10 nitrogen and oxygen atoms in total. The van der Waals surface area contributed by atoms with Crippen LogP contribution in [0.1, 0.15) is 36.2 Å². The fraction of sp³-hybridized carbons (Fsp3) is 0.240. The van der Waals surface area contributed by atoms with E-state index in [0.29, 0.717) is 35.2 Å². The van der Waals surface area contributed by atoms with Crippen molar-refractivity contribution in [1.29, 1.82) is 0 Å². The Bertz CT molecular complexity index is 1490. The fourth-order valence-corrected chi connectivity index (χ4v) is 4.23. The normalized spacial score (nSPS) is 16.8. The van der Waals surface area contributed by atoms with Crippen LogP contribution in [0.15, 0.2) is 54.5 Å². The van der Waals surface area contributed by atoms with Crippen LogP contribution in [0, 0.1) is 6.92 Å².